The Morgan fingerprint density at radius 2 is 2.25 bits per heavy atom. The zero-order valence-electron chi connectivity index (χ0n) is 11.7. The van der Waals surface area contributed by atoms with E-state index in [0.29, 0.717) is 17.8 Å². The second kappa shape index (κ2) is 6.13. The normalized spacial score (nSPS) is 22.9. The van der Waals surface area contributed by atoms with Crippen molar-refractivity contribution >= 4 is 0 Å². The number of aromatic nitrogens is 3. The molecule has 1 N–H and O–H groups in total. The fourth-order valence-corrected chi connectivity index (χ4v) is 2.93. The van der Waals surface area contributed by atoms with Gasteiger partial charge in [0.15, 0.2) is 0 Å². The summed E-state index contributed by atoms with van der Waals surface area (Å²) in [7, 11) is 0. The van der Waals surface area contributed by atoms with E-state index in [0.717, 1.165) is 24.4 Å². The molecule has 2 atom stereocenters. The molecule has 20 heavy (non-hydrogen) atoms. The van der Waals surface area contributed by atoms with Crippen LogP contribution in [0.3, 0.4) is 0 Å². The third-order valence-electron chi connectivity index (χ3n) is 3.91. The molecule has 3 rings (SSSR count). The lowest BCUT2D eigenvalue weighted by atomic mass is 9.84. The molecule has 5 nitrogen and oxygen atoms in total. The number of pyridine rings is 1. The molecule has 1 aliphatic carbocycles. The van der Waals surface area contributed by atoms with Crippen molar-refractivity contribution < 1.29 is 4.52 Å². The average molecular weight is 272 g/mol. The molecule has 0 aromatic carbocycles. The summed E-state index contributed by atoms with van der Waals surface area (Å²) >= 11 is 0. The van der Waals surface area contributed by atoms with E-state index in [1.165, 1.54) is 19.3 Å². The first-order valence-corrected chi connectivity index (χ1v) is 7.36. The van der Waals surface area contributed by atoms with Gasteiger partial charge in [-0.1, -0.05) is 24.9 Å². The van der Waals surface area contributed by atoms with Crippen LogP contribution in [0, 0.1) is 0 Å². The zero-order valence-corrected chi connectivity index (χ0v) is 11.7. The predicted octanol–water partition coefficient (Wildman–Crippen LogP) is 2.77. The Balaban J connectivity index is 1.81. The van der Waals surface area contributed by atoms with Crippen LogP contribution in [0.1, 0.15) is 44.4 Å². The molecule has 1 aliphatic rings. The highest BCUT2D eigenvalue weighted by molar-refractivity contribution is 5.51. The minimum Gasteiger partial charge on any atom is -0.339 e. The van der Waals surface area contributed by atoms with Crippen molar-refractivity contribution in [2.24, 2.45) is 0 Å². The van der Waals surface area contributed by atoms with E-state index < -0.39 is 0 Å². The second-order valence-electron chi connectivity index (χ2n) is 5.25. The molecule has 2 aromatic rings. The third kappa shape index (κ3) is 2.72. The molecule has 0 radical (unpaired) electrons. The first kappa shape index (κ1) is 13.2. The van der Waals surface area contributed by atoms with E-state index >= 15 is 0 Å². The summed E-state index contributed by atoms with van der Waals surface area (Å²) in [6, 6.07) is 4.29. The van der Waals surface area contributed by atoms with Gasteiger partial charge in [-0.2, -0.15) is 4.98 Å². The van der Waals surface area contributed by atoms with E-state index in [1.807, 2.05) is 12.1 Å². The van der Waals surface area contributed by atoms with Crippen molar-refractivity contribution in [3.8, 4) is 11.4 Å². The van der Waals surface area contributed by atoms with Crippen molar-refractivity contribution in [3.05, 3.63) is 30.4 Å². The van der Waals surface area contributed by atoms with Crippen molar-refractivity contribution in [2.45, 2.75) is 44.6 Å². The molecule has 0 saturated heterocycles. The lowest BCUT2D eigenvalue weighted by Gasteiger charge is -2.29. The predicted molar refractivity (Wildman–Crippen MR) is 76.2 cm³/mol. The van der Waals surface area contributed by atoms with Crippen LogP contribution in [0.25, 0.3) is 11.4 Å². The number of hydrogen-bond donors (Lipinski definition) is 1. The van der Waals surface area contributed by atoms with Gasteiger partial charge in [-0.25, -0.2) is 0 Å². The highest BCUT2D eigenvalue weighted by Crippen LogP contribution is 2.33. The quantitative estimate of drug-likeness (QED) is 0.927. The summed E-state index contributed by atoms with van der Waals surface area (Å²) in [5.41, 5.74) is 0.901. The van der Waals surface area contributed by atoms with Gasteiger partial charge >= 0.3 is 0 Å². The smallest absolute Gasteiger partial charge is 0.231 e. The molecule has 1 fully saturated rings. The Labute approximate surface area is 118 Å². The molecule has 0 aliphatic heterocycles. The van der Waals surface area contributed by atoms with Crippen LogP contribution in [0.5, 0.6) is 0 Å². The highest BCUT2D eigenvalue weighted by Gasteiger charge is 2.30. The van der Waals surface area contributed by atoms with Gasteiger partial charge in [0.1, 0.15) is 0 Å². The Bertz CT molecular complexity index is 538. The van der Waals surface area contributed by atoms with Crippen molar-refractivity contribution in [3.63, 3.8) is 0 Å². The molecular formula is C15H20N4O. The Morgan fingerprint density at radius 3 is 3.05 bits per heavy atom. The second-order valence-corrected chi connectivity index (χ2v) is 5.25. The number of hydrogen-bond acceptors (Lipinski definition) is 5. The van der Waals surface area contributed by atoms with Crippen LogP contribution in [0.4, 0.5) is 0 Å². The van der Waals surface area contributed by atoms with Crippen LogP contribution in [-0.2, 0) is 0 Å². The molecule has 5 heteroatoms. The topological polar surface area (TPSA) is 63.8 Å². The monoisotopic (exact) mass is 272 g/mol. The summed E-state index contributed by atoms with van der Waals surface area (Å²) < 4.78 is 5.51. The van der Waals surface area contributed by atoms with E-state index in [2.05, 4.69) is 27.4 Å². The first-order chi connectivity index (χ1) is 9.88. The summed E-state index contributed by atoms with van der Waals surface area (Å²) in [4.78, 5) is 8.67. The maximum atomic E-state index is 5.51. The van der Waals surface area contributed by atoms with Gasteiger partial charge in [-0.05, 0) is 31.5 Å². The fourth-order valence-electron chi connectivity index (χ4n) is 2.93. The summed E-state index contributed by atoms with van der Waals surface area (Å²) in [6.45, 7) is 3.12. The first-order valence-electron chi connectivity index (χ1n) is 7.36. The summed E-state index contributed by atoms with van der Waals surface area (Å²) in [5.74, 6) is 1.73. The lowest BCUT2D eigenvalue weighted by molar-refractivity contribution is 0.265. The third-order valence-corrected chi connectivity index (χ3v) is 3.91. The maximum Gasteiger partial charge on any atom is 0.231 e. The molecule has 0 bridgehead atoms. The fraction of sp³-hybridized carbons (Fsp3) is 0.533. The van der Waals surface area contributed by atoms with Gasteiger partial charge in [0, 0.05) is 24.0 Å². The minimum atomic E-state index is 0.335. The number of nitrogens with one attached hydrogen (secondary N) is 1. The summed E-state index contributed by atoms with van der Waals surface area (Å²) in [5, 5.41) is 7.64. The molecule has 106 valence electrons. The molecule has 0 amide bonds. The van der Waals surface area contributed by atoms with Gasteiger partial charge in [-0.3, -0.25) is 4.98 Å². The number of nitrogens with zero attached hydrogens (tertiary/aromatic N) is 3. The average Bonchev–Trinajstić information content (AvgIpc) is 2.99. The molecule has 2 aromatic heterocycles. The number of likely N-dealkylation sites (N-methyl/N-ethyl adjacent to an activating group) is 1. The van der Waals surface area contributed by atoms with Crippen molar-refractivity contribution in [1.82, 2.24) is 20.4 Å². The Morgan fingerprint density at radius 1 is 1.35 bits per heavy atom. The lowest BCUT2D eigenvalue weighted by Crippen LogP contribution is -2.37. The van der Waals surface area contributed by atoms with Gasteiger partial charge in [0.05, 0.1) is 5.92 Å². The molecule has 0 spiro atoms. The SMILES string of the molecule is CCNC1CCCCC1c1nc(-c2cccnc2)no1. The van der Waals surface area contributed by atoms with Gasteiger partial charge in [-0.15, -0.1) is 0 Å². The van der Waals surface area contributed by atoms with Crippen LogP contribution in [0.15, 0.2) is 29.0 Å². The van der Waals surface area contributed by atoms with Gasteiger partial charge in [0.25, 0.3) is 0 Å². The van der Waals surface area contributed by atoms with Gasteiger partial charge in [0.2, 0.25) is 11.7 Å². The van der Waals surface area contributed by atoms with Gasteiger partial charge < -0.3 is 9.84 Å². The van der Waals surface area contributed by atoms with Crippen LogP contribution in [0.2, 0.25) is 0 Å². The maximum absolute atomic E-state index is 5.51. The zero-order chi connectivity index (χ0) is 13.8. The molecule has 2 unspecified atom stereocenters. The van der Waals surface area contributed by atoms with Crippen LogP contribution in [-0.4, -0.2) is 27.7 Å². The Kier molecular flexibility index (Phi) is 4.06. The minimum absolute atomic E-state index is 0.335. The van der Waals surface area contributed by atoms with E-state index in [4.69, 9.17) is 4.52 Å². The molecule has 2 heterocycles. The molecular weight excluding hydrogens is 252 g/mol. The highest BCUT2D eigenvalue weighted by atomic mass is 16.5. The number of rotatable bonds is 4. The van der Waals surface area contributed by atoms with Crippen LogP contribution < -0.4 is 5.32 Å². The van der Waals surface area contributed by atoms with E-state index in [1.54, 1.807) is 12.4 Å². The van der Waals surface area contributed by atoms with Crippen molar-refractivity contribution in [2.75, 3.05) is 6.54 Å². The largest absolute Gasteiger partial charge is 0.339 e. The van der Waals surface area contributed by atoms with Crippen molar-refractivity contribution in [1.29, 1.82) is 0 Å². The molecule has 1 saturated carbocycles. The standard InChI is InChI=1S/C15H20N4O/c1-2-17-13-8-4-3-7-12(13)15-18-14(19-20-15)11-6-5-9-16-10-11/h5-6,9-10,12-13,17H,2-4,7-8H2,1H3. The van der Waals surface area contributed by atoms with Crippen LogP contribution >= 0.6 is 0 Å². The Hall–Kier alpha value is -1.75. The van der Waals surface area contributed by atoms with E-state index in [9.17, 15) is 0 Å². The van der Waals surface area contributed by atoms with E-state index in [-0.39, 0.29) is 0 Å². The summed E-state index contributed by atoms with van der Waals surface area (Å²) in [6.07, 6.45) is 8.31.